The molecular formula is C20H25N. The van der Waals surface area contributed by atoms with Gasteiger partial charge in [-0.2, -0.15) is 0 Å². The summed E-state index contributed by atoms with van der Waals surface area (Å²) in [4.78, 5) is 0. The number of nitrogens with one attached hydrogen (secondary N) is 1. The molecule has 1 saturated carbocycles. The van der Waals surface area contributed by atoms with Crippen LogP contribution in [0.2, 0.25) is 0 Å². The summed E-state index contributed by atoms with van der Waals surface area (Å²) in [6, 6.07) is 18.5. The molecule has 1 aliphatic rings. The van der Waals surface area contributed by atoms with Gasteiger partial charge in [-0.3, -0.25) is 0 Å². The molecule has 0 heterocycles. The van der Waals surface area contributed by atoms with E-state index in [4.69, 9.17) is 0 Å². The summed E-state index contributed by atoms with van der Waals surface area (Å²) >= 11 is 0. The van der Waals surface area contributed by atoms with E-state index in [0.29, 0.717) is 6.04 Å². The molecule has 21 heavy (non-hydrogen) atoms. The predicted molar refractivity (Wildman–Crippen MR) is 90.6 cm³/mol. The second-order valence-corrected chi connectivity index (χ2v) is 6.15. The fraction of sp³-hybridized carbons (Fsp3) is 0.400. The van der Waals surface area contributed by atoms with Crippen molar-refractivity contribution in [2.45, 2.75) is 45.1 Å². The fourth-order valence-electron chi connectivity index (χ4n) is 3.10. The smallest absolute Gasteiger partial charge is 0.0291 e. The second kappa shape index (κ2) is 6.44. The Morgan fingerprint density at radius 3 is 2.43 bits per heavy atom. The Morgan fingerprint density at radius 1 is 1.05 bits per heavy atom. The summed E-state index contributed by atoms with van der Waals surface area (Å²) in [6.45, 7) is 5.37. The second-order valence-electron chi connectivity index (χ2n) is 6.15. The van der Waals surface area contributed by atoms with Gasteiger partial charge in [0.2, 0.25) is 0 Å². The molecular weight excluding hydrogens is 254 g/mol. The molecule has 0 amide bonds. The molecule has 1 N–H and O–H groups in total. The molecule has 0 aromatic heterocycles. The van der Waals surface area contributed by atoms with Crippen LogP contribution in [0.3, 0.4) is 0 Å². The zero-order valence-corrected chi connectivity index (χ0v) is 13.1. The Hall–Kier alpha value is -1.60. The summed E-state index contributed by atoms with van der Waals surface area (Å²) in [5.41, 5.74) is 5.55. The first-order valence-corrected chi connectivity index (χ1v) is 8.21. The van der Waals surface area contributed by atoms with E-state index in [1.54, 1.807) is 0 Å². The van der Waals surface area contributed by atoms with Crippen molar-refractivity contribution in [2.24, 2.45) is 0 Å². The molecule has 0 bridgehead atoms. The van der Waals surface area contributed by atoms with Crippen LogP contribution in [-0.4, -0.2) is 6.54 Å². The minimum atomic E-state index is 0.422. The quantitative estimate of drug-likeness (QED) is 0.784. The molecule has 0 radical (unpaired) electrons. The lowest BCUT2D eigenvalue weighted by molar-refractivity contribution is 0.420. The molecule has 110 valence electrons. The van der Waals surface area contributed by atoms with Crippen LogP contribution in [0.4, 0.5) is 0 Å². The normalized spacial score (nSPS) is 16.5. The molecule has 1 unspecified atom stereocenters. The maximum absolute atomic E-state index is 3.46. The van der Waals surface area contributed by atoms with Crippen molar-refractivity contribution < 1.29 is 0 Å². The molecule has 0 spiro atoms. The van der Waals surface area contributed by atoms with Crippen molar-refractivity contribution in [3.8, 4) is 11.1 Å². The molecule has 2 aromatic rings. The van der Waals surface area contributed by atoms with Gasteiger partial charge in [0.15, 0.2) is 0 Å². The largest absolute Gasteiger partial charge is 0.310 e. The first kappa shape index (κ1) is 14.3. The van der Waals surface area contributed by atoms with E-state index >= 15 is 0 Å². The van der Waals surface area contributed by atoms with Crippen LogP contribution in [0.15, 0.2) is 48.5 Å². The lowest BCUT2D eigenvalue weighted by atomic mass is 9.79. The predicted octanol–water partition coefficient (Wildman–Crippen LogP) is 5.29. The van der Waals surface area contributed by atoms with E-state index in [-0.39, 0.29) is 0 Å². The maximum Gasteiger partial charge on any atom is 0.0291 e. The van der Waals surface area contributed by atoms with E-state index in [1.807, 2.05) is 0 Å². The van der Waals surface area contributed by atoms with Gasteiger partial charge in [-0.15, -0.1) is 0 Å². The summed E-state index contributed by atoms with van der Waals surface area (Å²) in [7, 11) is 0. The summed E-state index contributed by atoms with van der Waals surface area (Å²) in [6.07, 6.45) is 4.12. The van der Waals surface area contributed by atoms with E-state index in [9.17, 15) is 0 Å². The molecule has 1 aliphatic carbocycles. The van der Waals surface area contributed by atoms with Gasteiger partial charge in [0, 0.05) is 6.04 Å². The van der Waals surface area contributed by atoms with Crippen molar-refractivity contribution in [1.29, 1.82) is 0 Å². The van der Waals surface area contributed by atoms with Gasteiger partial charge >= 0.3 is 0 Å². The molecule has 3 rings (SSSR count). The Balaban J connectivity index is 1.80. The zero-order chi connectivity index (χ0) is 14.7. The Kier molecular flexibility index (Phi) is 4.40. The van der Waals surface area contributed by atoms with Crippen molar-refractivity contribution in [3.05, 3.63) is 59.7 Å². The highest BCUT2D eigenvalue weighted by Gasteiger charge is 2.19. The number of benzene rings is 2. The summed E-state index contributed by atoms with van der Waals surface area (Å²) in [5.74, 6) is 0.804. The SMILES string of the molecule is CCNC(C)c1ccc(-c2cccc(C3CCC3)c2)cc1. The zero-order valence-electron chi connectivity index (χ0n) is 13.1. The number of hydrogen-bond donors (Lipinski definition) is 1. The Morgan fingerprint density at radius 2 is 1.81 bits per heavy atom. The van der Waals surface area contributed by atoms with Crippen LogP contribution in [-0.2, 0) is 0 Å². The molecule has 1 fully saturated rings. The standard InChI is InChI=1S/C20H25N/c1-3-21-15(2)16-10-12-18(13-11-16)20-9-5-8-19(14-20)17-6-4-7-17/h5,8-15,17,21H,3-4,6-7H2,1-2H3. The fourth-order valence-corrected chi connectivity index (χ4v) is 3.10. The third-order valence-corrected chi connectivity index (χ3v) is 4.72. The van der Waals surface area contributed by atoms with Gasteiger partial charge in [0.05, 0.1) is 0 Å². The van der Waals surface area contributed by atoms with E-state index in [0.717, 1.165) is 12.5 Å². The van der Waals surface area contributed by atoms with Gasteiger partial charge in [0.25, 0.3) is 0 Å². The van der Waals surface area contributed by atoms with Crippen LogP contribution in [0.25, 0.3) is 11.1 Å². The van der Waals surface area contributed by atoms with Crippen molar-refractivity contribution in [1.82, 2.24) is 5.32 Å². The first-order valence-electron chi connectivity index (χ1n) is 8.21. The van der Waals surface area contributed by atoms with Gasteiger partial charge in [-0.1, -0.05) is 61.9 Å². The lowest BCUT2D eigenvalue weighted by Gasteiger charge is -2.26. The Labute approximate surface area is 128 Å². The maximum atomic E-state index is 3.46. The van der Waals surface area contributed by atoms with E-state index < -0.39 is 0 Å². The topological polar surface area (TPSA) is 12.0 Å². The summed E-state index contributed by atoms with van der Waals surface area (Å²) in [5, 5.41) is 3.46. The lowest BCUT2D eigenvalue weighted by Crippen LogP contribution is -2.17. The van der Waals surface area contributed by atoms with Gasteiger partial charge in [-0.05, 0) is 54.5 Å². The molecule has 0 saturated heterocycles. The third kappa shape index (κ3) is 3.19. The van der Waals surface area contributed by atoms with Crippen LogP contribution in [0, 0.1) is 0 Å². The third-order valence-electron chi connectivity index (χ3n) is 4.72. The monoisotopic (exact) mass is 279 g/mol. The van der Waals surface area contributed by atoms with E-state index in [2.05, 4.69) is 67.7 Å². The molecule has 0 aliphatic heterocycles. The van der Waals surface area contributed by atoms with Crippen molar-refractivity contribution in [3.63, 3.8) is 0 Å². The van der Waals surface area contributed by atoms with Crippen molar-refractivity contribution in [2.75, 3.05) is 6.54 Å². The highest BCUT2D eigenvalue weighted by atomic mass is 14.9. The first-order chi connectivity index (χ1) is 10.3. The molecule has 2 aromatic carbocycles. The highest BCUT2D eigenvalue weighted by Crippen LogP contribution is 2.37. The molecule has 1 heteroatoms. The highest BCUT2D eigenvalue weighted by molar-refractivity contribution is 5.64. The minimum absolute atomic E-state index is 0.422. The minimum Gasteiger partial charge on any atom is -0.310 e. The van der Waals surface area contributed by atoms with Crippen LogP contribution in [0.5, 0.6) is 0 Å². The van der Waals surface area contributed by atoms with Gasteiger partial charge < -0.3 is 5.32 Å². The number of rotatable bonds is 5. The molecule has 1 atom stereocenters. The van der Waals surface area contributed by atoms with Gasteiger partial charge in [0.1, 0.15) is 0 Å². The van der Waals surface area contributed by atoms with Gasteiger partial charge in [-0.25, -0.2) is 0 Å². The van der Waals surface area contributed by atoms with Crippen LogP contribution in [0.1, 0.15) is 56.2 Å². The molecule has 1 nitrogen and oxygen atoms in total. The average molecular weight is 279 g/mol. The van der Waals surface area contributed by atoms with Crippen LogP contribution < -0.4 is 5.32 Å². The van der Waals surface area contributed by atoms with Crippen molar-refractivity contribution >= 4 is 0 Å². The summed E-state index contributed by atoms with van der Waals surface area (Å²) < 4.78 is 0. The van der Waals surface area contributed by atoms with Crippen LogP contribution >= 0.6 is 0 Å². The number of hydrogen-bond acceptors (Lipinski definition) is 1. The Bertz CT molecular complexity index is 581. The average Bonchev–Trinajstić information content (AvgIpc) is 2.46. The van der Waals surface area contributed by atoms with E-state index in [1.165, 1.54) is 41.5 Å².